The Morgan fingerprint density at radius 2 is 2.05 bits per heavy atom. The van der Waals surface area contributed by atoms with Crippen LogP contribution in [0.2, 0.25) is 0 Å². The van der Waals surface area contributed by atoms with Crippen molar-refractivity contribution in [3.8, 4) is 0 Å². The van der Waals surface area contributed by atoms with E-state index in [-0.39, 0.29) is 16.5 Å². The van der Waals surface area contributed by atoms with Crippen LogP contribution in [0.25, 0.3) is 0 Å². The van der Waals surface area contributed by atoms with Crippen LogP contribution in [0.5, 0.6) is 0 Å². The number of aliphatic carboxylic acids is 1. The monoisotopic (exact) mass is 305 g/mol. The van der Waals surface area contributed by atoms with E-state index in [0.29, 0.717) is 0 Å². The second-order valence-electron chi connectivity index (χ2n) is 4.64. The summed E-state index contributed by atoms with van der Waals surface area (Å²) in [5.41, 5.74) is 0. The smallest absolute Gasteiger partial charge is 0.304 e. The van der Waals surface area contributed by atoms with Gasteiger partial charge in [-0.1, -0.05) is 20.8 Å². The number of carboxylic acids is 1. The summed E-state index contributed by atoms with van der Waals surface area (Å²) in [6, 6.07) is 2.74. The molecule has 0 aromatic carbocycles. The molecule has 0 aliphatic rings. The van der Waals surface area contributed by atoms with Crippen molar-refractivity contribution in [2.45, 2.75) is 43.9 Å². The first-order valence-corrected chi connectivity index (χ1v) is 8.39. The highest BCUT2D eigenvalue weighted by atomic mass is 32.2. The number of aryl methyl sites for hydroxylation is 1. The Labute approximate surface area is 117 Å². The SMILES string of the molecule is CCc1ccc(S(=O)(=O)NC(CC(=O)O)C(C)C)s1. The molecule has 1 heterocycles. The lowest BCUT2D eigenvalue weighted by Crippen LogP contribution is -2.39. The maximum Gasteiger partial charge on any atom is 0.304 e. The molecule has 1 atom stereocenters. The summed E-state index contributed by atoms with van der Waals surface area (Å²) in [4.78, 5) is 11.7. The Kier molecular flexibility index (Phi) is 5.51. The van der Waals surface area contributed by atoms with Crippen LogP contribution in [0, 0.1) is 5.92 Å². The molecule has 0 fully saturated rings. The molecule has 19 heavy (non-hydrogen) atoms. The maximum absolute atomic E-state index is 12.2. The van der Waals surface area contributed by atoms with Gasteiger partial charge in [0.15, 0.2) is 0 Å². The van der Waals surface area contributed by atoms with Crippen molar-refractivity contribution >= 4 is 27.3 Å². The largest absolute Gasteiger partial charge is 0.481 e. The zero-order valence-corrected chi connectivity index (χ0v) is 12.8. The van der Waals surface area contributed by atoms with Gasteiger partial charge in [0.2, 0.25) is 10.0 Å². The topological polar surface area (TPSA) is 83.5 Å². The maximum atomic E-state index is 12.2. The fraction of sp³-hybridized carbons (Fsp3) is 0.583. The first kappa shape index (κ1) is 16.1. The molecular formula is C12H19NO4S2. The second-order valence-corrected chi connectivity index (χ2v) is 7.75. The number of rotatable bonds is 7. The Bertz CT molecular complexity index is 534. The van der Waals surface area contributed by atoms with Crippen LogP contribution in [0.4, 0.5) is 0 Å². The van der Waals surface area contributed by atoms with Gasteiger partial charge in [0.05, 0.1) is 6.42 Å². The van der Waals surface area contributed by atoms with Gasteiger partial charge in [0, 0.05) is 10.9 Å². The molecule has 0 saturated heterocycles. The predicted octanol–water partition coefficient (Wildman–Crippen LogP) is 2.09. The molecule has 108 valence electrons. The van der Waals surface area contributed by atoms with Crippen molar-refractivity contribution in [3.63, 3.8) is 0 Å². The molecule has 1 unspecified atom stereocenters. The van der Waals surface area contributed by atoms with Crippen molar-refractivity contribution in [1.29, 1.82) is 0 Å². The molecule has 0 spiro atoms. The zero-order chi connectivity index (χ0) is 14.6. The molecule has 0 amide bonds. The van der Waals surface area contributed by atoms with Crippen molar-refractivity contribution in [1.82, 2.24) is 4.72 Å². The van der Waals surface area contributed by atoms with Gasteiger partial charge in [-0.15, -0.1) is 11.3 Å². The third-order valence-electron chi connectivity index (χ3n) is 2.76. The van der Waals surface area contributed by atoms with Gasteiger partial charge in [-0.05, 0) is 24.5 Å². The van der Waals surface area contributed by atoms with Gasteiger partial charge in [-0.2, -0.15) is 0 Å². The highest BCUT2D eigenvalue weighted by Crippen LogP contribution is 2.23. The van der Waals surface area contributed by atoms with Crippen LogP contribution in [-0.2, 0) is 21.2 Å². The Morgan fingerprint density at radius 1 is 1.42 bits per heavy atom. The summed E-state index contributed by atoms with van der Waals surface area (Å²) < 4.78 is 27.0. The number of carbonyl (C=O) groups is 1. The molecule has 0 saturated carbocycles. The first-order chi connectivity index (χ1) is 8.76. The number of thiophene rings is 1. The third-order valence-corrected chi connectivity index (χ3v) is 5.97. The molecule has 0 bridgehead atoms. The fourth-order valence-electron chi connectivity index (χ4n) is 1.55. The summed E-state index contributed by atoms with van der Waals surface area (Å²) in [5.74, 6) is -1.10. The van der Waals surface area contributed by atoms with E-state index >= 15 is 0 Å². The molecule has 7 heteroatoms. The molecule has 5 nitrogen and oxygen atoms in total. The minimum absolute atomic E-state index is 0.0866. The van der Waals surface area contributed by atoms with Gasteiger partial charge in [-0.3, -0.25) is 4.79 Å². The average molecular weight is 305 g/mol. The summed E-state index contributed by atoms with van der Waals surface area (Å²) in [6.07, 6.45) is 0.561. The Hall–Kier alpha value is -0.920. The highest BCUT2D eigenvalue weighted by Gasteiger charge is 2.25. The lowest BCUT2D eigenvalue weighted by molar-refractivity contribution is -0.137. The third kappa shape index (κ3) is 4.59. The summed E-state index contributed by atoms with van der Waals surface area (Å²) in [6.45, 7) is 5.54. The van der Waals surface area contributed by atoms with Crippen LogP contribution >= 0.6 is 11.3 Å². The van der Waals surface area contributed by atoms with E-state index in [4.69, 9.17) is 5.11 Å². The molecule has 0 aliphatic heterocycles. The van der Waals surface area contributed by atoms with Crippen LogP contribution < -0.4 is 4.72 Å². The number of nitrogens with one attached hydrogen (secondary N) is 1. The van der Waals surface area contributed by atoms with E-state index in [1.807, 2.05) is 6.92 Å². The molecule has 0 aliphatic carbocycles. The quantitative estimate of drug-likeness (QED) is 0.808. The van der Waals surface area contributed by atoms with Crippen LogP contribution in [0.3, 0.4) is 0 Å². The van der Waals surface area contributed by atoms with Gasteiger partial charge < -0.3 is 5.11 Å². The summed E-state index contributed by atoms with van der Waals surface area (Å²) >= 11 is 1.21. The average Bonchev–Trinajstić information content (AvgIpc) is 2.76. The normalized spacial score (nSPS) is 13.7. The number of sulfonamides is 1. The van der Waals surface area contributed by atoms with E-state index in [1.54, 1.807) is 26.0 Å². The minimum Gasteiger partial charge on any atom is -0.481 e. The van der Waals surface area contributed by atoms with E-state index in [9.17, 15) is 13.2 Å². The fourth-order valence-corrected chi connectivity index (χ4v) is 4.25. The molecule has 1 aromatic rings. The van der Waals surface area contributed by atoms with E-state index < -0.39 is 22.0 Å². The summed E-state index contributed by atoms with van der Waals surface area (Å²) in [7, 11) is -3.63. The molecular weight excluding hydrogens is 286 g/mol. The van der Waals surface area contributed by atoms with Crippen LogP contribution in [0.1, 0.15) is 32.1 Å². The lowest BCUT2D eigenvalue weighted by atomic mass is 10.0. The predicted molar refractivity (Wildman–Crippen MR) is 74.9 cm³/mol. The standard InChI is InChI=1S/C12H19NO4S2/c1-4-9-5-6-12(18-9)19(16,17)13-10(8(2)3)7-11(14)15/h5-6,8,10,13H,4,7H2,1-3H3,(H,14,15). The Balaban J connectivity index is 2.90. The van der Waals surface area contributed by atoms with Crippen molar-refractivity contribution < 1.29 is 18.3 Å². The number of carboxylic acid groups (broad SMARTS) is 1. The van der Waals surface area contributed by atoms with Gasteiger partial charge in [0.25, 0.3) is 0 Å². The van der Waals surface area contributed by atoms with Crippen LogP contribution in [0.15, 0.2) is 16.3 Å². The van der Waals surface area contributed by atoms with E-state index in [1.165, 1.54) is 11.3 Å². The lowest BCUT2D eigenvalue weighted by Gasteiger charge is -2.19. The van der Waals surface area contributed by atoms with Crippen molar-refractivity contribution in [3.05, 3.63) is 17.0 Å². The number of hydrogen-bond donors (Lipinski definition) is 2. The number of hydrogen-bond acceptors (Lipinski definition) is 4. The first-order valence-electron chi connectivity index (χ1n) is 6.09. The van der Waals surface area contributed by atoms with Crippen LogP contribution in [-0.4, -0.2) is 25.5 Å². The molecule has 2 N–H and O–H groups in total. The van der Waals surface area contributed by atoms with Gasteiger partial charge in [-0.25, -0.2) is 13.1 Å². The highest BCUT2D eigenvalue weighted by molar-refractivity contribution is 7.91. The zero-order valence-electron chi connectivity index (χ0n) is 11.2. The molecule has 0 radical (unpaired) electrons. The van der Waals surface area contributed by atoms with Gasteiger partial charge >= 0.3 is 5.97 Å². The molecule has 1 rings (SSSR count). The Morgan fingerprint density at radius 3 is 2.47 bits per heavy atom. The summed E-state index contributed by atoms with van der Waals surface area (Å²) in [5, 5.41) is 8.81. The van der Waals surface area contributed by atoms with E-state index in [0.717, 1.165) is 11.3 Å². The van der Waals surface area contributed by atoms with Crippen molar-refractivity contribution in [2.24, 2.45) is 5.92 Å². The van der Waals surface area contributed by atoms with E-state index in [2.05, 4.69) is 4.72 Å². The van der Waals surface area contributed by atoms with Gasteiger partial charge in [0.1, 0.15) is 4.21 Å². The molecule has 1 aromatic heterocycles. The van der Waals surface area contributed by atoms with Crippen molar-refractivity contribution in [2.75, 3.05) is 0 Å². The second kappa shape index (κ2) is 6.49. The minimum atomic E-state index is -3.63.